The van der Waals surface area contributed by atoms with Crippen LogP contribution in [0.25, 0.3) is 21.7 Å². The standard InChI is InChI=1S/C21H21NO6S/c1-26-17-9-13(10-23)18(20(28-3)19(17)27-2)15-8-12(21-22-6-7-29-21)4-5-14(15)16(25)11-24/h4-10,16,24-25H,11H2,1-3H3. The Balaban J connectivity index is 2.39. The number of benzene rings is 2. The van der Waals surface area contributed by atoms with Crippen LogP contribution in [0.2, 0.25) is 0 Å². The summed E-state index contributed by atoms with van der Waals surface area (Å²) < 4.78 is 16.4. The molecule has 1 aromatic heterocycles. The molecule has 0 aliphatic carbocycles. The molecule has 0 bridgehead atoms. The van der Waals surface area contributed by atoms with Crippen LogP contribution in [0, 0.1) is 0 Å². The first-order chi connectivity index (χ1) is 14.1. The monoisotopic (exact) mass is 415 g/mol. The third kappa shape index (κ3) is 3.82. The molecule has 2 N–H and O–H groups in total. The molecule has 0 spiro atoms. The molecule has 2 aromatic carbocycles. The molecule has 0 aliphatic heterocycles. The van der Waals surface area contributed by atoms with E-state index in [-0.39, 0.29) is 5.75 Å². The van der Waals surface area contributed by atoms with E-state index < -0.39 is 12.7 Å². The summed E-state index contributed by atoms with van der Waals surface area (Å²) in [5, 5.41) is 22.6. The van der Waals surface area contributed by atoms with Gasteiger partial charge in [-0.2, -0.15) is 0 Å². The topological polar surface area (TPSA) is 98.1 Å². The zero-order chi connectivity index (χ0) is 21.0. The molecule has 29 heavy (non-hydrogen) atoms. The zero-order valence-electron chi connectivity index (χ0n) is 16.2. The second-order valence-electron chi connectivity index (χ2n) is 6.07. The van der Waals surface area contributed by atoms with E-state index in [4.69, 9.17) is 14.2 Å². The highest BCUT2D eigenvalue weighted by Crippen LogP contribution is 2.48. The zero-order valence-corrected chi connectivity index (χ0v) is 17.0. The molecule has 152 valence electrons. The fraction of sp³-hybridized carbons (Fsp3) is 0.238. The number of aliphatic hydroxyl groups is 2. The lowest BCUT2D eigenvalue weighted by Crippen LogP contribution is -2.07. The molecule has 7 nitrogen and oxygen atoms in total. The minimum absolute atomic E-state index is 0.289. The average molecular weight is 415 g/mol. The van der Waals surface area contributed by atoms with Crippen molar-refractivity contribution >= 4 is 17.6 Å². The largest absolute Gasteiger partial charge is 0.493 e. The van der Waals surface area contributed by atoms with Crippen molar-refractivity contribution in [2.45, 2.75) is 6.10 Å². The Hall–Kier alpha value is -2.94. The quantitative estimate of drug-likeness (QED) is 0.545. The second-order valence-corrected chi connectivity index (χ2v) is 6.96. The summed E-state index contributed by atoms with van der Waals surface area (Å²) >= 11 is 1.47. The fourth-order valence-electron chi connectivity index (χ4n) is 3.21. The van der Waals surface area contributed by atoms with Gasteiger partial charge in [-0.05, 0) is 23.3 Å². The lowest BCUT2D eigenvalue weighted by Gasteiger charge is -2.21. The van der Waals surface area contributed by atoms with Gasteiger partial charge in [0, 0.05) is 28.3 Å². The van der Waals surface area contributed by atoms with Crippen LogP contribution >= 0.6 is 11.3 Å². The maximum absolute atomic E-state index is 11.9. The normalized spacial score (nSPS) is 11.8. The molecule has 1 atom stereocenters. The first kappa shape index (κ1) is 20.8. The van der Waals surface area contributed by atoms with Crippen molar-refractivity contribution < 1.29 is 29.2 Å². The molecule has 0 radical (unpaired) electrons. The van der Waals surface area contributed by atoms with E-state index in [0.717, 1.165) is 10.6 Å². The molecule has 8 heteroatoms. The molecular weight excluding hydrogens is 394 g/mol. The minimum Gasteiger partial charge on any atom is -0.493 e. The number of methoxy groups -OCH3 is 3. The van der Waals surface area contributed by atoms with Gasteiger partial charge >= 0.3 is 0 Å². The van der Waals surface area contributed by atoms with Crippen LogP contribution in [0.3, 0.4) is 0 Å². The van der Waals surface area contributed by atoms with E-state index in [0.29, 0.717) is 40.0 Å². The van der Waals surface area contributed by atoms with Crippen molar-refractivity contribution in [2.24, 2.45) is 0 Å². The number of ether oxygens (including phenoxy) is 3. The van der Waals surface area contributed by atoms with Crippen molar-refractivity contribution in [2.75, 3.05) is 27.9 Å². The van der Waals surface area contributed by atoms with Crippen LogP contribution < -0.4 is 14.2 Å². The predicted molar refractivity (Wildman–Crippen MR) is 110 cm³/mol. The highest BCUT2D eigenvalue weighted by atomic mass is 32.1. The maximum Gasteiger partial charge on any atom is 0.203 e. The number of aromatic nitrogens is 1. The molecule has 0 aliphatic rings. The van der Waals surface area contributed by atoms with Crippen LogP contribution in [0.1, 0.15) is 22.0 Å². The van der Waals surface area contributed by atoms with Crippen LogP contribution in [0.15, 0.2) is 35.8 Å². The Morgan fingerprint density at radius 1 is 1.14 bits per heavy atom. The first-order valence-corrected chi connectivity index (χ1v) is 9.58. The number of carbonyl (C=O) groups is 1. The van der Waals surface area contributed by atoms with Gasteiger partial charge in [-0.25, -0.2) is 4.98 Å². The first-order valence-electron chi connectivity index (χ1n) is 8.70. The summed E-state index contributed by atoms with van der Waals surface area (Å²) in [7, 11) is 4.40. The highest BCUT2D eigenvalue weighted by Gasteiger charge is 2.25. The number of carbonyl (C=O) groups excluding carboxylic acids is 1. The minimum atomic E-state index is -1.15. The van der Waals surface area contributed by atoms with Gasteiger partial charge in [0.15, 0.2) is 17.8 Å². The predicted octanol–water partition coefficient (Wildman–Crippen LogP) is 3.34. The smallest absolute Gasteiger partial charge is 0.203 e. The number of rotatable bonds is 8. The molecule has 0 saturated carbocycles. The number of hydrogen-bond acceptors (Lipinski definition) is 8. The number of aldehydes is 1. The second kappa shape index (κ2) is 9.04. The van der Waals surface area contributed by atoms with Crippen LogP contribution in [-0.4, -0.2) is 49.4 Å². The lowest BCUT2D eigenvalue weighted by atomic mass is 9.90. The summed E-state index contributed by atoms with van der Waals surface area (Å²) in [6.45, 7) is -0.477. The molecule has 3 aromatic rings. The van der Waals surface area contributed by atoms with Gasteiger partial charge in [0.25, 0.3) is 0 Å². The Kier molecular flexibility index (Phi) is 6.48. The van der Waals surface area contributed by atoms with E-state index in [1.807, 2.05) is 17.5 Å². The Bertz CT molecular complexity index is 1000. The van der Waals surface area contributed by atoms with Crippen molar-refractivity contribution in [3.05, 3.63) is 47.0 Å². The average Bonchev–Trinajstić information content (AvgIpc) is 3.31. The third-order valence-corrected chi connectivity index (χ3v) is 5.34. The SMILES string of the molecule is COc1cc(C=O)c(-c2cc(-c3nccs3)ccc2C(O)CO)c(OC)c1OC. The van der Waals surface area contributed by atoms with Gasteiger partial charge in [-0.15, -0.1) is 11.3 Å². The van der Waals surface area contributed by atoms with Crippen molar-refractivity contribution in [3.63, 3.8) is 0 Å². The third-order valence-electron chi connectivity index (χ3n) is 4.52. The van der Waals surface area contributed by atoms with E-state index >= 15 is 0 Å². The van der Waals surface area contributed by atoms with Crippen LogP contribution in [0.4, 0.5) is 0 Å². The summed E-state index contributed by atoms with van der Waals surface area (Å²) in [5.74, 6) is 0.951. The van der Waals surface area contributed by atoms with E-state index in [1.165, 1.54) is 32.7 Å². The maximum atomic E-state index is 11.9. The highest BCUT2D eigenvalue weighted by molar-refractivity contribution is 7.13. The summed E-state index contributed by atoms with van der Waals surface area (Å²) in [5.41, 5.74) is 2.50. The van der Waals surface area contributed by atoms with Gasteiger partial charge in [0.1, 0.15) is 11.1 Å². The van der Waals surface area contributed by atoms with Gasteiger partial charge in [-0.3, -0.25) is 4.79 Å². The van der Waals surface area contributed by atoms with E-state index in [2.05, 4.69) is 4.98 Å². The van der Waals surface area contributed by atoms with E-state index in [1.54, 1.807) is 18.3 Å². The van der Waals surface area contributed by atoms with Gasteiger partial charge in [0.05, 0.1) is 27.9 Å². The fourth-order valence-corrected chi connectivity index (χ4v) is 3.84. The number of nitrogens with zero attached hydrogens (tertiary/aromatic N) is 1. The molecule has 3 rings (SSSR count). The Morgan fingerprint density at radius 3 is 2.45 bits per heavy atom. The summed E-state index contributed by atoms with van der Waals surface area (Å²) in [4.78, 5) is 16.3. The van der Waals surface area contributed by atoms with Crippen molar-refractivity contribution in [3.8, 4) is 38.9 Å². The van der Waals surface area contributed by atoms with E-state index in [9.17, 15) is 15.0 Å². The molecule has 1 unspecified atom stereocenters. The van der Waals surface area contributed by atoms with Crippen molar-refractivity contribution in [1.82, 2.24) is 4.98 Å². The molecular formula is C21H21NO6S. The van der Waals surface area contributed by atoms with Gasteiger partial charge in [-0.1, -0.05) is 12.1 Å². The van der Waals surface area contributed by atoms with Crippen LogP contribution in [-0.2, 0) is 0 Å². The van der Waals surface area contributed by atoms with Gasteiger partial charge < -0.3 is 24.4 Å². The Labute approximate surface area is 172 Å². The number of aliphatic hydroxyl groups excluding tert-OH is 2. The molecule has 0 amide bonds. The number of hydrogen-bond donors (Lipinski definition) is 2. The molecule has 1 heterocycles. The van der Waals surface area contributed by atoms with Gasteiger partial charge in [0.2, 0.25) is 5.75 Å². The summed E-state index contributed by atoms with van der Waals surface area (Å²) in [6.07, 6.45) is 1.24. The molecule has 0 saturated heterocycles. The summed E-state index contributed by atoms with van der Waals surface area (Å²) in [6, 6.07) is 6.88. The molecule has 0 fully saturated rings. The lowest BCUT2D eigenvalue weighted by molar-refractivity contribution is 0.0960. The Morgan fingerprint density at radius 2 is 1.90 bits per heavy atom. The van der Waals surface area contributed by atoms with Crippen molar-refractivity contribution in [1.29, 1.82) is 0 Å². The van der Waals surface area contributed by atoms with Crippen LogP contribution in [0.5, 0.6) is 17.2 Å². The number of thiazole rings is 1.